The third-order valence-corrected chi connectivity index (χ3v) is 2.71. The quantitative estimate of drug-likeness (QED) is 0.816. The molecular weight excluding hydrogens is 228 g/mol. The van der Waals surface area contributed by atoms with E-state index in [0.29, 0.717) is 11.0 Å². The maximum atomic E-state index is 11.8. The Labute approximate surface area is 98.6 Å². The topological polar surface area (TPSA) is 66.9 Å². The zero-order valence-electron chi connectivity index (χ0n) is 8.74. The van der Waals surface area contributed by atoms with E-state index in [1.807, 2.05) is 0 Å². The summed E-state index contributed by atoms with van der Waals surface area (Å²) in [6.07, 6.45) is 3.08. The Morgan fingerprint density at radius 1 is 1.44 bits per heavy atom. The van der Waals surface area contributed by atoms with Crippen molar-refractivity contribution in [2.45, 2.75) is 25.3 Å². The van der Waals surface area contributed by atoms with Crippen molar-refractivity contribution >= 4 is 23.3 Å². The summed E-state index contributed by atoms with van der Waals surface area (Å²) in [6.45, 7) is 0.893. The lowest BCUT2D eigenvalue weighted by molar-refractivity contribution is -0.118. The number of amides is 1. The number of piperidine rings is 1. The number of carbonyl (C=O) groups excluding carboxylic acids is 1. The van der Waals surface area contributed by atoms with Crippen molar-refractivity contribution in [3.8, 4) is 0 Å². The molecule has 2 heterocycles. The molecule has 1 aromatic heterocycles. The number of halogens is 1. The fourth-order valence-corrected chi connectivity index (χ4v) is 1.77. The molecule has 6 heteroatoms. The van der Waals surface area contributed by atoms with Crippen molar-refractivity contribution < 1.29 is 4.79 Å². The summed E-state index contributed by atoms with van der Waals surface area (Å²) < 4.78 is 0. The maximum absolute atomic E-state index is 11.8. The molecule has 0 radical (unpaired) electrons. The zero-order chi connectivity index (χ0) is 11.4. The molecule has 2 rings (SSSR count). The lowest BCUT2D eigenvalue weighted by Crippen LogP contribution is -2.43. The molecular formula is C10H13ClN4O. The molecule has 86 valence electrons. The van der Waals surface area contributed by atoms with Crippen LogP contribution in [0.2, 0.25) is 5.15 Å². The molecule has 1 aliphatic rings. The largest absolute Gasteiger partial charge is 0.308 e. The van der Waals surface area contributed by atoms with Gasteiger partial charge in [-0.25, -0.2) is 0 Å². The molecule has 0 aliphatic carbocycles. The molecule has 2 N–H and O–H groups in total. The van der Waals surface area contributed by atoms with Gasteiger partial charge in [0.2, 0.25) is 5.91 Å². The van der Waals surface area contributed by atoms with Crippen LogP contribution in [0.4, 0.5) is 5.82 Å². The van der Waals surface area contributed by atoms with E-state index in [2.05, 4.69) is 20.8 Å². The molecule has 1 fully saturated rings. The summed E-state index contributed by atoms with van der Waals surface area (Å²) in [5, 5.41) is 13.6. The van der Waals surface area contributed by atoms with Gasteiger partial charge in [0, 0.05) is 0 Å². The Hall–Kier alpha value is -1.20. The lowest BCUT2D eigenvalue weighted by Gasteiger charge is -2.22. The Bertz CT molecular complexity index is 362. The Morgan fingerprint density at radius 3 is 2.94 bits per heavy atom. The first-order chi connectivity index (χ1) is 7.75. The van der Waals surface area contributed by atoms with Crippen LogP contribution in [0.15, 0.2) is 12.1 Å². The highest BCUT2D eigenvalue weighted by Gasteiger charge is 2.20. The average Bonchev–Trinajstić information content (AvgIpc) is 2.33. The van der Waals surface area contributed by atoms with E-state index in [9.17, 15) is 4.79 Å². The van der Waals surface area contributed by atoms with Gasteiger partial charge in [0.15, 0.2) is 11.0 Å². The van der Waals surface area contributed by atoms with Crippen LogP contribution in [0.5, 0.6) is 0 Å². The van der Waals surface area contributed by atoms with Gasteiger partial charge in [-0.2, -0.15) is 0 Å². The lowest BCUT2D eigenvalue weighted by atomic mass is 10.0. The van der Waals surface area contributed by atoms with Crippen LogP contribution in [-0.4, -0.2) is 28.7 Å². The minimum absolute atomic E-state index is 0.0590. The van der Waals surface area contributed by atoms with Crippen molar-refractivity contribution in [1.29, 1.82) is 0 Å². The standard InChI is InChI=1S/C10H13ClN4O/c11-8-4-5-9(15-14-8)13-10(16)7-3-1-2-6-12-7/h4-5,7,12H,1-3,6H2,(H,13,15,16). The van der Waals surface area contributed by atoms with Gasteiger partial charge >= 0.3 is 0 Å². The van der Waals surface area contributed by atoms with Crippen molar-refractivity contribution in [3.63, 3.8) is 0 Å². The van der Waals surface area contributed by atoms with E-state index in [-0.39, 0.29) is 11.9 Å². The third kappa shape index (κ3) is 2.90. The summed E-state index contributed by atoms with van der Waals surface area (Å²) in [5.41, 5.74) is 0. The summed E-state index contributed by atoms with van der Waals surface area (Å²) in [4.78, 5) is 11.8. The Morgan fingerprint density at radius 2 is 2.31 bits per heavy atom. The van der Waals surface area contributed by atoms with E-state index in [1.165, 1.54) is 0 Å². The minimum atomic E-state index is -0.119. The summed E-state index contributed by atoms with van der Waals surface area (Å²) in [6, 6.07) is 3.11. The van der Waals surface area contributed by atoms with E-state index >= 15 is 0 Å². The van der Waals surface area contributed by atoms with Gasteiger partial charge in [-0.1, -0.05) is 18.0 Å². The normalized spacial score (nSPS) is 20.4. The first-order valence-electron chi connectivity index (χ1n) is 5.29. The maximum Gasteiger partial charge on any atom is 0.242 e. The molecule has 0 saturated carbocycles. The molecule has 1 saturated heterocycles. The molecule has 0 bridgehead atoms. The van der Waals surface area contributed by atoms with Crippen LogP contribution in [-0.2, 0) is 4.79 Å². The molecule has 1 aliphatic heterocycles. The van der Waals surface area contributed by atoms with Crippen LogP contribution in [0.3, 0.4) is 0 Å². The van der Waals surface area contributed by atoms with Gasteiger partial charge < -0.3 is 10.6 Å². The van der Waals surface area contributed by atoms with E-state index in [0.717, 1.165) is 25.8 Å². The first kappa shape index (κ1) is 11.3. The highest BCUT2D eigenvalue weighted by Crippen LogP contribution is 2.10. The van der Waals surface area contributed by atoms with Crippen LogP contribution < -0.4 is 10.6 Å². The number of anilines is 1. The second-order valence-electron chi connectivity index (χ2n) is 3.73. The fraction of sp³-hybridized carbons (Fsp3) is 0.500. The smallest absolute Gasteiger partial charge is 0.242 e. The van der Waals surface area contributed by atoms with Crippen molar-refractivity contribution in [3.05, 3.63) is 17.3 Å². The third-order valence-electron chi connectivity index (χ3n) is 2.51. The van der Waals surface area contributed by atoms with Gasteiger partial charge in [-0.15, -0.1) is 10.2 Å². The predicted molar refractivity (Wildman–Crippen MR) is 61.3 cm³/mol. The van der Waals surface area contributed by atoms with E-state index in [4.69, 9.17) is 11.6 Å². The molecule has 1 unspecified atom stereocenters. The number of nitrogens with zero attached hydrogens (tertiary/aromatic N) is 2. The van der Waals surface area contributed by atoms with Crippen LogP contribution in [0.1, 0.15) is 19.3 Å². The average molecular weight is 241 g/mol. The molecule has 5 nitrogen and oxygen atoms in total. The molecule has 0 aromatic carbocycles. The second-order valence-corrected chi connectivity index (χ2v) is 4.12. The fourth-order valence-electron chi connectivity index (χ4n) is 1.67. The van der Waals surface area contributed by atoms with Crippen LogP contribution in [0, 0.1) is 0 Å². The molecule has 1 atom stereocenters. The Kier molecular flexibility index (Phi) is 3.69. The van der Waals surface area contributed by atoms with Crippen molar-refractivity contribution in [2.75, 3.05) is 11.9 Å². The van der Waals surface area contributed by atoms with Gasteiger partial charge in [-0.3, -0.25) is 4.79 Å². The SMILES string of the molecule is O=C(Nc1ccc(Cl)nn1)C1CCCCN1. The number of aromatic nitrogens is 2. The van der Waals surface area contributed by atoms with Crippen molar-refractivity contribution in [2.24, 2.45) is 0 Å². The summed E-state index contributed by atoms with van der Waals surface area (Å²) in [7, 11) is 0. The zero-order valence-corrected chi connectivity index (χ0v) is 9.50. The monoisotopic (exact) mass is 240 g/mol. The Balaban J connectivity index is 1.93. The van der Waals surface area contributed by atoms with Gasteiger partial charge in [0.05, 0.1) is 6.04 Å². The number of nitrogens with one attached hydrogen (secondary N) is 2. The highest BCUT2D eigenvalue weighted by atomic mass is 35.5. The second kappa shape index (κ2) is 5.23. The molecule has 1 aromatic rings. The molecule has 0 spiro atoms. The van der Waals surface area contributed by atoms with E-state index in [1.54, 1.807) is 12.1 Å². The van der Waals surface area contributed by atoms with Crippen molar-refractivity contribution in [1.82, 2.24) is 15.5 Å². The van der Waals surface area contributed by atoms with Gasteiger partial charge in [0.1, 0.15) is 0 Å². The van der Waals surface area contributed by atoms with Crippen LogP contribution >= 0.6 is 11.6 Å². The number of hydrogen-bond donors (Lipinski definition) is 2. The van der Waals surface area contributed by atoms with Gasteiger partial charge in [0.25, 0.3) is 0 Å². The molecule has 16 heavy (non-hydrogen) atoms. The number of carbonyl (C=O) groups is 1. The number of rotatable bonds is 2. The number of hydrogen-bond acceptors (Lipinski definition) is 4. The molecule has 1 amide bonds. The van der Waals surface area contributed by atoms with Gasteiger partial charge in [-0.05, 0) is 31.5 Å². The minimum Gasteiger partial charge on any atom is -0.308 e. The first-order valence-corrected chi connectivity index (χ1v) is 5.67. The van der Waals surface area contributed by atoms with Crippen LogP contribution in [0.25, 0.3) is 0 Å². The van der Waals surface area contributed by atoms with E-state index < -0.39 is 0 Å². The summed E-state index contributed by atoms with van der Waals surface area (Å²) in [5.74, 6) is 0.373. The predicted octanol–water partition coefficient (Wildman–Crippen LogP) is 1.21. The summed E-state index contributed by atoms with van der Waals surface area (Å²) >= 11 is 5.60. The highest BCUT2D eigenvalue weighted by molar-refractivity contribution is 6.29.